The predicted molar refractivity (Wildman–Crippen MR) is 159 cm³/mol. The summed E-state index contributed by atoms with van der Waals surface area (Å²) in [4.78, 5) is 34.4. The third-order valence-electron chi connectivity index (χ3n) is 8.17. The van der Waals surface area contributed by atoms with Gasteiger partial charge in [0.15, 0.2) is 11.6 Å². The van der Waals surface area contributed by atoms with E-state index in [0.29, 0.717) is 46.4 Å². The first-order valence-electron chi connectivity index (χ1n) is 13.8. The average molecular weight is 565 g/mol. The van der Waals surface area contributed by atoms with Crippen molar-refractivity contribution in [2.75, 3.05) is 29.9 Å². The highest BCUT2D eigenvalue weighted by Crippen LogP contribution is 2.35. The standard InChI is InChI=1S/C31H29FN8O2/c1-4-28(41)40-14-19-11-20(40)15-39(13-19)27-10-7-23-30(37-27)31(34-16-33-23)36-22-6-9-26(18(2)29(22)32)42-21-5-8-25-24(12-21)35-17-38(25)3/h4-10,12,16-17,19-20H,1,11,13-15H2,2-3H3,(H,33,34,36)/t19-,20+/m0/s1. The maximum Gasteiger partial charge on any atom is 0.246 e. The molecule has 1 amide bonds. The van der Waals surface area contributed by atoms with Gasteiger partial charge in [-0.1, -0.05) is 6.58 Å². The van der Waals surface area contributed by atoms with Crippen molar-refractivity contribution in [2.45, 2.75) is 19.4 Å². The summed E-state index contributed by atoms with van der Waals surface area (Å²) in [5.74, 6) is 2.05. The predicted octanol–water partition coefficient (Wildman–Crippen LogP) is 5.12. The molecule has 5 heterocycles. The van der Waals surface area contributed by atoms with Gasteiger partial charge in [0.1, 0.15) is 29.2 Å². The zero-order valence-corrected chi connectivity index (χ0v) is 23.3. The molecule has 2 saturated heterocycles. The zero-order chi connectivity index (χ0) is 29.0. The number of aryl methyl sites for hydroxylation is 1. The van der Waals surface area contributed by atoms with Crippen molar-refractivity contribution in [1.82, 2.24) is 29.4 Å². The number of likely N-dealkylation sites (tertiary alicyclic amines) is 1. The molecule has 7 rings (SSSR count). The van der Waals surface area contributed by atoms with Gasteiger partial charge in [0.25, 0.3) is 0 Å². The van der Waals surface area contributed by atoms with Crippen LogP contribution in [0.4, 0.5) is 21.7 Å². The maximum absolute atomic E-state index is 15.6. The molecule has 2 aliphatic heterocycles. The fourth-order valence-corrected chi connectivity index (χ4v) is 6.04. The number of hydrogen-bond donors (Lipinski definition) is 1. The van der Waals surface area contributed by atoms with Crippen LogP contribution < -0.4 is 15.0 Å². The number of nitrogens with zero attached hydrogens (tertiary/aromatic N) is 7. The van der Waals surface area contributed by atoms with Crippen LogP contribution in [0, 0.1) is 18.7 Å². The van der Waals surface area contributed by atoms with Gasteiger partial charge in [-0.2, -0.15) is 0 Å². The molecule has 10 nitrogen and oxygen atoms in total. The molecular formula is C31H29FN8O2. The number of hydrogen-bond acceptors (Lipinski definition) is 8. The van der Waals surface area contributed by atoms with Crippen LogP contribution >= 0.6 is 0 Å². The van der Waals surface area contributed by atoms with Gasteiger partial charge in [0, 0.05) is 44.4 Å². The van der Waals surface area contributed by atoms with E-state index in [4.69, 9.17) is 9.72 Å². The zero-order valence-electron chi connectivity index (χ0n) is 23.3. The van der Waals surface area contributed by atoms with E-state index in [1.54, 1.807) is 25.4 Å². The number of ether oxygens (including phenoxy) is 1. The number of anilines is 3. The number of aromatic nitrogens is 5. The van der Waals surface area contributed by atoms with Gasteiger partial charge in [-0.3, -0.25) is 4.79 Å². The van der Waals surface area contributed by atoms with Gasteiger partial charge in [0.2, 0.25) is 5.91 Å². The Morgan fingerprint density at radius 2 is 1.98 bits per heavy atom. The number of amides is 1. The molecule has 2 aliphatic rings. The Morgan fingerprint density at radius 1 is 1.10 bits per heavy atom. The lowest BCUT2D eigenvalue weighted by Gasteiger charge is -2.33. The van der Waals surface area contributed by atoms with E-state index in [2.05, 4.69) is 31.7 Å². The van der Waals surface area contributed by atoms with E-state index in [1.807, 2.05) is 46.8 Å². The number of imidazole rings is 1. The minimum atomic E-state index is -0.450. The van der Waals surface area contributed by atoms with Crippen LogP contribution in [0.3, 0.4) is 0 Å². The van der Waals surface area contributed by atoms with Crippen LogP contribution in [0.5, 0.6) is 11.5 Å². The van der Waals surface area contributed by atoms with Crippen molar-refractivity contribution < 1.29 is 13.9 Å². The number of rotatable bonds is 6. The van der Waals surface area contributed by atoms with E-state index < -0.39 is 5.82 Å². The quantitative estimate of drug-likeness (QED) is 0.284. The summed E-state index contributed by atoms with van der Waals surface area (Å²) in [7, 11) is 1.93. The molecule has 42 heavy (non-hydrogen) atoms. The highest BCUT2D eigenvalue weighted by atomic mass is 19.1. The Labute approximate surface area is 241 Å². The number of carbonyl (C=O) groups excluding carboxylic acids is 1. The Morgan fingerprint density at radius 3 is 2.83 bits per heavy atom. The first-order valence-corrected chi connectivity index (χ1v) is 13.8. The Hall–Kier alpha value is -5.06. The van der Waals surface area contributed by atoms with Gasteiger partial charge >= 0.3 is 0 Å². The van der Waals surface area contributed by atoms with E-state index >= 15 is 4.39 Å². The Kier molecular flexibility index (Phi) is 6.22. The lowest BCUT2D eigenvalue weighted by molar-refractivity contribution is -0.126. The summed E-state index contributed by atoms with van der Waals surface area (Å²) >= 11 is 0. The number of piperidine rings is 1. The summed E-state index contributed by atoms with van der Waals surface area (Å²) < 4.78 is 23.6. The van der Waals surface area contributed by atoms with Gasteiger partial charge in [-0.05, 0) is 61.7 Å². The fourth-order valence-electron chi connectivity index (χ4n) is 6.04. The molecule has 0 radical (unpaired) electrons. The second kappa shape index (κ2) is 10.1. The van der Waals surface area contributed by atoms with Gasteiger partial charge in [-0.15, -0.1) is 0 Å². The van der Waals surface area contributed by atoms with Crippen LogP contribution in [0.15, 0.2) is 67.8 Å². The van der Waals surface area contributed by atoms with E-state index in [-0.39, 0.29) is 17.6 Å². The fraction of sp³-hybridized carbons (Fsp3) is 0.258. The third kappa shape index (κ3) is 4.47. The summed E-state index contributed by atoms with van der Waals surface area (Å²) in [6, 6.07) is 12.9. The van der Waals surface area contributed by atoms with E-state index in [0.717, 1.165) is 36.4 Å². The van der Waals surface area contributed by atoms with Crippen LogP contribution in [0.1, 0.15) is 12.0 Å². The van der Waals surface area contributed by atoms with Gasteiger partial charge < -0.3 is 24.4 Å². The summed E-state index contributed by atoms with van der Waals surface area (Å²) in [5, 5.41) is 3.12. The normalized spacial score (nSPS) is 18.1. The molecule has 2 atom stereocenters. The van der Waals surface area contributed by atoms with Crippen molar-refractivity contribution >= 4 is 45.3 Å². The third-order valence-corrected chi connectivity index (χ3v) is 8.17. The lowest BCUT2D eigenvalue weighted by atomic mass is 10.00. The number of carbonyl (C=O) groups is 1. The van der Waals surface area contributed by atoms with Crippen molar-refractivity contribution in [3.63, 3.8) is 0 Å². The van der Waals surface area contributed by atoms with Crippen molar-refractivity contribution in [1.29, 1.82) is 0 Å². The largest absolute Gasteiger partial charge is 0.457 e. The van der Waals surface area contributed by atoms with Crippen molar-refractivity contribution in [2.24, 2.45) is 13.0 Å². The number of benzene rings is 2. The second-order valence-corrected chi connectivity index (χ2v) is 10.9. The van der Waals surface area contributed by atoms with Gasteiger partial charge in [-0.25, -0.2) is 24.3 Å². The molecule has 1 N–H and O–H groups in total. The molecule has 212 valence electrons. The summed E-state index contributed by atoms with van der Waals surface area (Å²) in [6.45, 7) is 7.54. The second-order valence-electron chi connectivity index (χ2n) is 10.9. The van der Waals surface area contributed by atoms with Crippen molar-refractivity contribution in [3.8, 4) is 11.5 Å². The SMILES string of the molecule is C=CC(=O)N1C[C@H]2C[C@@H]1CN(c1ccc3ncnc(Nc4ccc(Oc5ccc6c(c5)ncn6C)c(C)c4F)c3n1)C2. The van der Waals surface area contributed by atoms with E-state index in [1.165, 1.54) is 12.4 Å². The van der Waals surface area contributed by atoms with Crippen LogP contribution in [0.2, 0.25) is 0 Å². The lowest BCUT2D eigenvalue weighted by Crippen LogP contribution is -2.44. The highest BCUT2D eigenvalue weighted by Gasteiger charge is 2.40. The Balaban J connectivity index is 1.14. The topological polar surface area (TPSA) is 101 Å². The van der Waals surface area contributed by atoms with Crippen molar-refractivity contribution in [3.05, 3.63) is 79.2 Å². The first kappa shape index (κ1) is 25.9. The van der Waals surface area contributed by atoms with Crippen LogP contribution in [-0.2, 0) is 11.8 Å². The van der Waals surface area contributed by atoms with E-state index in [9.17, 15) is 4.79 Å². The monoisotopic (exact) mass is 564 g/mol. The minimum Gasteiger partial charge on any atom is -0.457 e. The molecule has 2 aromatic carbocycles. The molecule has 2 fully saturated rings. The smallest absolute Gasteiger partial charge is 0.246 e. The number of nitrogens with one attached hydrogen (secondary N) is 1. The first-order chi connectivity index (χ1) is 20.4. The molecule has 3 aromatic heterocycles. The minimum absolute atomic E-state index is 0.0290. The summed E-state index contributed by atoms with van der Waals surface area (Å²) in [6.07, 6.45) is 5.54. The molecule has 5 aromatic rings. The number of pyridine rings is 1. The molecule has 0 aliphatic carbocycles. The number of halogens is 1. The molecular weight excluding hydrogens is 535 g/mol. The maximum atomic E-state index is 15.6. The molecule has 0 unspecified atom stereocenters. The molecule has 0 spiro atoms. The Bertz CT molecular complexity index is 1870. The molecule has 2 bridgehead atoms. The highest BCUT2D eigenvalue weighted by molar-refractivity contribution is 5.89. The molecule has 11 heteroatoms. The van der Waals surface area contributed by atoms with Gasteiger partial charge in [0.05, 0.1) is 28.6 Å². The van der Waals surface area contributed by atoms with Crippen LogP contribution in [0.25, 0.3) is 22.1 Å². The van der Waals surface area contributed by atoms with Crippen LogP contribution in [-0.4, -0.2) is 61.0 Å². The average Bonchev–Trinajstić information content (AvgIpc) is 3.53. The number of fused-ring (bicyclic) bond motifs is 4. The molecule has 0 saturated carbocycles. The summed E-state index contributed by atoms with van der Waals surface area (Å²) in [5.41, 5.74) is 3.57.